The fraction of sp³-hybridized carbons (Fsp3) is 0.429. The maximum Gasteiger partial charge on any atom is 0.331 e. The first-order chi connectivity index (χ1) is 12.1. The molecule has 3 N–H and O–H groups in total. The quantitative estimate of drug-likeness (QED) is 0.516. The van der Waals surface area contributed by atoms with Crippen LogP contribution in [-0.2, 0) is 24.2 Å². The second-order valence-electron chi connectivity index (χ2n) is 5.64. The van der Waals surface area contributed by atoms with E-state index in [1.807, 2.05) is 0 Å². The minimum atomic E-state index is -3.10. The zero-order valence-corrected chi connectivity index (χ0v) is 15.3. The van der Waals surface area contributed by atoms with Crippen molar-refractivity contribution in [2.75, 3.05) is 18.1 Å². The number of ether oxygens (including phenoxy) is 1. The van der Waals surface area contributed by atoms with Crippen molar-refractivity contribution in [1.82, 2.24) is 15.1 Å². The van der Waals surface area contributed by atoms with Gasteiger partial charge in [0.2, 0.25) is 0 Å². The highest BCUT2D eigenvalue weighted by Crippen LogP contribution is 2.30. The molecule has 0 saturated carbocycles. The van der Waals surface area contributed by atoms with Gasteiger partial charge >= 0.3 is 12.0 Å². The van der Waals surface area contributed by atoms with Crippen molar-refractivity contribution in [2.45, 2.75) is 19.4 Å². The Kier molecular flexibility index (Phi) is 6.03. The molecule has 1 atom stereocenters. The Morgan fingerprint density at radius 2 is 2.15 bits per heavy atom. The van der Waals surface area contributed by atoms with Gasteiger partial charge in [-0.3, -0.25) is 10.1 Å². The molecule has 2 heterocycles. The van der Waals surface area contributed by atoms with Crippen LogP contribution in [0.4, 0.5) is 4.79 Å². The van der Waals surface area contributed by atoms with Crippen molar-refractivity contribution in [3.8, 4) is 0 Å². The molecule has 0 bridgehead atoms. The topological polar surface area (TPSA) is 150 Å². The van der Waals surface area contributed by atoms with Crippen LogP contribution in [-0.4, -0.2) is 54.2 Å². The van der Waals surface area contributed by atoms with E-state index in [1.54, 1.807) is 12.2 Å². The highest BCUT2D eigenvalue weighted by atomic mass is 35.5. The van der Waals surface area contributed by atoms with E-state index < -0.39 is 34.4 Å². The highest BCUT2D eigenvalue weighted by Gasteiger charge is 2.31. The molecule has 3 amide bonds. The third kappa shape index (κ3) is 5.05. The van der Waals surface area contributed by atoms with Gasteiger partial charge in [0.05, 0.1) is 23.2 Å². The van der Waals surface area contributed by atoms with Crippen LogP contribution in [0.1, 0.15) is 23.7 Å². The number of carbonyl (C=O) groups is 3. The molecule has 26 heavy (non-hydrogen) atoms. The third-order valence-corrected chi connectivity index (χ3v) is 5.75. The fourth-order valence-corrected chi connectivity index (χ4v) is 4.51. The summed E-state index contributed by atoms with van der Waals surface area (Å²) in [5, 5.41) is 6.20. The number of hydrogen-bond acceptors (Lipinski definition) is 7. The monoisotopic (exact) mass is 404 g/mol. The summed E-state index contributed by atoms with van der Waals surface area (Å²) in [5.41, 5.74) is 5.70. The second kappa shape index (κ2) is 7.87. The first kappa shape index (κ1) is 19.9. The number of halogens is 1. The standard InChI is InChI=1S/C14H17ClN4O6S/c1-8-10(2-3-12(21)25-6-11(20)17-14(16)22)13(15)19(18-8)9-4-5-26(23,24)7-9/h2-3,9H,4-7H2,1H3,(H3,16,17,20,22)/b3-2+/t9-/m0/s1. The Balaban J connectivity index is 2.03. The molecule has 142 valence electrons. The van der Waals surface area contributed by atoms with Crippen molar-refractivity contribution in [3.05, 3.63) is 22.5 Å². The van der Waals surface area contributed by atoms with Crippen LogP contribution in [0.2, 0.25) is 5.15 Å². The second-order valence-corrected chi connectivity index (χ2v) is 8.23. The molecule has 0 aliphatic carbocycles. The number of esters is 1. The average molecular weight is 405 g/mol. The summed E-state index contributed by atoms with van der Waals surface area (Å²) < 4.78 is 29.3. The summed E-state index contributed by atoms with van der Waals surface area (Å²) in [4.78, 5) is 33.2. The molecule has 0 spiro atoms. The Morgan fingerprint density at radius 3 is 2.73 bits per heavy atom. The molecule has 1 aliphatic heterocycles. The summed E-state index contributed by atoms with van der Waals surface area (Å²) in [5.74, 6) is -1.65. The molecule has 1 aromatic heterocycles. The molecule has 0 aromatic carbocycles. The van der Waals surface area contributed by atoms with E-state index in [2.05, 4.69) is 9.84 Å². The predicted molar refractivity (Wildman–Crippen MR) is 92.0 cm³/mol. The van der Waals surface area contributed by atoms with Gasteiger partial charge in [-0.15, -0.1) is 0 Å². The predicted octanol–water partition coefficient (Wildman–Crippen LogP) is -0.0442. The van der Waals surface area contributed by atoms with Gasteiger partial charge < -0.3 is 10.5 Å². The number of urea groups is 1. The van der Waals surface area contributed by atoms with Gasteiger partial charge in [-0.1, -0.05) is 11.6 Å². The van der Waals surface area contributed by atoms with Crippen LogP contribution < -0.4 is 11.1 Å². The van der Waals surface area contributed by atoms with Crippen molar-refractivity contribution in [2.24, 2.45) is 5.73 Å². The van der Waals surface area contributed by atoms with E-state index in [0.29, 0.717) is 17.7 Å². The maximum absolute atomic E-state index is 11.6. The number of nitrogens with zero attached hydrogens (tertiary/aromatic N) is 2. The Hall–Kier alpha value is -2.40. The molecule has 12 heteroatoms. The van der Waals surface area contributed by atoms with Gasteiger partial charge in [-0.25, -0.2) is 22.7 Å². The van der Waals surface area contributed by atoms with Crippen LogP contribution in [0.25, 0.3) is 6.08 Å². The number of aromatic nitrogens is 2. The molecule has 0 unspecified atom stereocenters. The molecule has 0 radical (unpaired) electrons. The number of imide groups is 1. The Morgan fingerprint density at radius 1 is 1.46 bits per heavy atom. The van der Waals surface area contributed by atoms with Crippen LogP contribution >= 0.6 is 11.6 Å². The number of rotatable bonds is 5. The van der Waals surface area contributed by atoms with Crippen molar-refractivity contribution >= 4 is 45.4 Å². The van der Waals surface area contributed by atoms with Gasteiger partial charge in [0, 0.05) is 11.6 Å². The first-order valence-corrected chi connectivity index (χ1v) is 9.68. The molecular weight excluding hydrogens is 388 g/mol. The van der Waals surface area contributed by atoms with Gasteiger partial charge in [-0.2, -0.15) is 5.10 Å². The SMILES string of the molecule is Cc1nn([C@H]2CCS(=O)(=O)C2)c(Cl)c1/C=C/C(=O)OCC(=O)NC(N)=O. The Bertz CT molecular complexity index is 876. The average Bonchev–Trinajstić information content (AvgIpc) is 3.02. The number of primary amides is 1. The fourth-order valence-electron chi connectivity index (χ4n) is 2.44. The molecular formula is C14H17ClN4O6S. The smallest absolute Gasteiger partial charge is 0.331 e. The summed E-state index contributed by atoms with van der Waals surface area (Å²) in [6, 6.07) is -1.40. The first-order valence-electron chi connectivity index (χ1n) is 7.48. The number of hydrogen-bond donors (Lipinski definition) is 2. The summed E-state index contributed by atoms with van der Waals surface area (Å²) in [6.07, 6.45) is 2.82. The number of carbonyl (C=O) groups excluding carboxylic acids is 3. The molecule has 1 aromatic rings. The van der Waals surface area contributed by atoms with E-state index in [1.165, 1.54) is 10.8 Å². The minimum absolute atomic E-state index is 0.0337. The molecule has 10 nitrogen and oxygen atoms in total. The van der Waals surface area contributed by atoms with Crippen molar-refractivity contribution < 1.29 is 27.5 Å². The van der Waals surface area contributed by atoms with E-state index in [0.717, 1.165) is 6.08 Å². The maximum atomic E-state index is 11.6. The van der Waals surface area contributed by atoms with Crippen LogP contribution in [0.5, 0.6) is 0 Å². The summed E-state index contributed by atoms with van der Waals surface area (Å²) in [6.45, 7) is 0.995. The minimum Gasteiger partial charge on any atom is -0.452 e. The number of aryl methyl sites for hydroxylation is 1. The van der Waals surface area contributed by atoms with E-state index in [-0.39, 0.29) is 22.7 Å². The lowest BCUT2D eigenvalue weighted by molar-refractivity contribution is -0.143. The number of nitrogens with one attached hydrogen (secondary N) is 1. The summed E-state index contributed by atoms with van der Waals surface area (Å²) in [7, 11) is -3.10. The van der Waals surface area contributed by atoms with Crippen molar-refractivity contribution in [1.29, 1.82) is 0 Å². The van der Waals surface area contributed by atoms with Crippen LogP contribution in [0, 0.1) is 6.92 Å². The third-order valence-electron chi connectivity index (χ3n) is 3.62. The van der Waals surface area contributed by atoms with Gasteiger partial charge in [0.25, 0.3) is 5.91 Å². The van der Waals surface area contributed by atoms with Gasteiger partial charge in [0.15, 0.2) is 16.4 Å². The van der Waals surface area contributed by atoms with E-state index in [9.17, 15) is 22.8 Å². The number of nitrogens with two attached hydrogens (primary N) is 1. The summed E-state index contributed by atoms with van der Waals surface area (Å²) >= 11 is 6.26. The van der Waals surface area contributed by atoms with Crippen LogP contribution in [0.3, 0.4) is 0 Å². The number of amides is 3. The normalized spacial score (nSPS) is 18.8. The zero-order valence-electron chi connectivity index (χ0n) is 13.8. The lowest BCUT2D eigenvalue weighted by Crippen LogP contribution is -2.37. The largest absolute Gasteiger partial charge is 0.452 e. The van der Waals surface area contributed by atoms with E-state index in [4.69, 9.17) is 17.3 Å². The lowest BCUT2D eigenvalue weighted by atomic mass is 10.2. The molecule has 1 saturated heterocycles. The van der Waals surface area contributed by atoms with E-state index >= 15 is 0 Å². The van der Waals surface area contributed by atoms with Gasteiger partial charge in [-0.05, 0) is 19.4 Å². The lowest BCUT2D eigenvalue weighted by Gasteiger charge is -2.09. The zero-order chi connectivity index (χ0) is 19.5. The molecule has 1 fully saturated rings. The number of sulfone groups is 1. The molecule has 2 rings (SSSR count). The van der Waals surface area contributed by atoms with Crippen molar-refractivity contribution in [3.63, 3.8) is 0 Å². The molecule has 1 aliphatic rings. The highest BCUT2D eigenvalue weighted by molar-refractivity contribution is 7.91. The van der Waals surface area contributed by atoms with Crippen LogP contribution in [0.15, 0.2) is 6.08 Å². The van der Waals surface area contributed by atoms with Gasteiger partial charge in [0.1, 0.15) is 5.15 Å². The Labute approximate surface area is 154 Å².